The summed E-state index contributed by atoms with van der Waals surface area (Å²) in [5.41, 5.74) is 1.09. The molecule has 1 amide bonds. The molecule has 6 heteroatoms. The Morgan fingerprint density at radius 1 is 1.33 bits per heavy atom. The second kappa shape index (κ2) is 6.69. The van der Waals surface area contributed by atoms with Crippen molar-refractivity contribution in [2.45, 2.75) is 13.3 Å². The molecule has 110 valence electrons. The predicted octanol–water partition coefficient (Wildman–Crippen LogP) is 1.66. The number of rotatable bonds is 6. The zero-order chi connectivity index (χ0) is 15.2. The molecule has 0 saturated carbocycles. The fraction of sp³-hybridized carbons (Fsp3) is 0.267. The topological polar surface area (TPSA) is 92.4 Å². The van der Waals surface area contributed by atoms with Crippen LogP contribution in [0.15, 0.2) is 41.1 Å². The second-order valence-electron chi connectivity index (χ2n) is 4.69. The van der Waals surface area contributed by atoms with Gasteiger partial charge in [0.15, 0.2) is 12.1 Å². The molecule has 0 aliphatic heterocycles. The summed E-state index contributed by atoms with van der Waals surface area (Å²) in [5.74, 6) is -1.66. The number of carboxylic acids is 1. The number of carbonyl (C=O) groups excluding carboxylic acids is 1. The Hall–Kier alpha value is -2.63. The number of nitrogens with zero attached hydrogens (tertiary/aromatic N) is 1. The Bertz CT molecular complexity index is 622. The van der Waals surface area contributed by atoms with Gasteiger partial charge in [-0.15, -0.1) is 0 Å². The summed E-state index contributed by atoms with van der Waals surface area (Å²) in [6.07, 6.45) is 1.54. The van der Waals surface area contributed by atoms with Crippen LogP contribution in [-0.2, 0) is 11.2 Å². The Kier molecular flexibility index (Phi) is 4.71. The lowest BCUT2D eigenvalue weighted by Gasteiger charge is -2.13. The highest BCUT2D eigenvalue weighted by atomic mass is 16.4. The number of hydrogen-bond donors (Lipinski definition) is 2. The minimum atomic E-state index is -0.948. The van der Waals surface area contributed by atoms with Gasteiger partial charge >= 0.3 is 5.97 Å². The van der Waals surface area contributed by atoms with Crippen molar-refractivity contribution in [1.29, 1.82) is 0 Å². The van der Waals surface area contributed by atoms with Gasteiger partial charge < -0.3 is 14.8 Å². The molecule has 2 N–H and O–H groups in total. The lowest BCUT2D eigenvalue weighted by Crippen LogP contribution is -2.34. The van der Waals surface area contributed by atoms with Crippen LogP contribution in [0.3, 0.4) is 0 Å². The number of aryl methyl sites for hydroxylation is 1. The minimum Gasteiger partial charge on any atom is -0.481 e. The van der Waals surface area contributed by atoms with E-state index in [0.29, 0.717) is 12.2 Å². The molecule has 0 bridgehead atoms. The Balaban J connectivity index is 1.96. The highest BCUT2D eigenvalue weighted by Crippen LogP contribution is 2.09. The van der Waals surface area contributed by atoms with E-state index in [2.05, 4.69) is 10.3 Å². The van der Waals surface area contributed by atoms with Crippen molar-refractivity contribution in [2.24, 2.45) is 5.92 Å². The van der Waals surface area contributed by atoms with Gasteiger partial charge in [0.25, 0.3) is 5.91 Å². The number of carbonyl (C=O) groups is 2. The monoisotopic (exact) mass is 288 g/mol. The van der Waals surface area contributed by atoms with Crippen molar-refractivity contribution in [3.63, 3.8) is 0 Å². The van der Waals surface area contributed by atoms with E-state index in [1.165, 1.54) is 6.39 Å². The molecule has 6 nitrogen and oxygen atoms in total. The molecule has 0 fully saturated rings. The summed E-state index contributed by atoms with van der Waals surface area (Å²) < 4.78 is 4.95. The van der Waals surface area contributed by atoms with Gasteiger partial charge in [0.1, 0.15) is 5.76 Å². The number of amides is 1. The zero-order valence-electron chi connectivity index (χ0n) is 11.6. The third-order valence-electron chi connectivity index (χ3n) is 3.14. The van der Waals surface area contributed by atoms with Crippen LogP contribution in [-0.4, -0.2) is 28.5 Å². The Morgan fingerprint density at radius 3 is 2.62 bits per heavy atom. The molecule has 2 aromatic rings. The van der Waals surface area contributed by atoms with Gasteiger partial charge in [-0.25, -0.2) is 4.98 Å². The van der Waals surface area contributed by atoms with Crippen LogP contribution in [0.4, 0.5) is 0 Å². The Labute approximate surface area is 121 Å². The summed E-state index contributed by atoms with van der Waals surface area (Å²) in [7, 11) is 0. The smallest absolute Gasteiger partial charge is 0.308 e. The van der Waals surface area contributed by atoms with Crippen molar-refractivity contribution in [3.05, 3.63) is 53.7 Å². The molecule has 0 aliphatic rings. The molecule has 2 rings (SSSR count). The normalized spacial score (nSPS) is 11.9. The molecular formula is C15H16N2O4. The molecule has 21 heavy (non-hydrogen) atoms. The van der Waals surface area contributed by atoms with Crippen LogP contribution in [0.5, 0.6) is 0 Å². The molecule has 1 aromatic heterocycles. The van der Waals surface area contributed by atoms with Crippen LogP contribution in [0.2, 0.25) is 0 Å². The number of aromatic nitrogens is 1. The first-order valence-electron chi connectivity index (χ1n) is 6.53. The molecule has 0 spiro atoms. The van der Waals surface area contributed by atoms with E-state index in [4.69, 9.17) is 4.42 Å². The van der Waals surface area contributed by atoms with Crippen molar-refractivity contribution >= 4 is 11.9 Å². The van der Waals surface area contributed by atoms with E-state index in [1.54, 1.807) is 6.92 Å². The lowest BCUT2D eigenvalue weighted by atomic mass is 9.99. The number of carboxylic acid groups (broad SMARTS) is 1. The second-order valence-corrected chi connectivity index (χ2v) is 4.69. The maximum absolute atomic E-state index is 11.9. The highest BCUT2D eigenvalue weighted by molar-refractivity contribution is 5.93. The number of aliphatic carboxylic acids is 1. The maximum atomic E-state index is 11.9. The largest absolute Gasteiger partial charge is 0.481 e. The number of oxazole rings is 1. The summed E-state index contributed by atoms with van der Waals surface area (Å²) in [5, 5.41) is 11.8. The maximum Gasteiger partial charge on any atom is 0.308 e. The molecular weight excluding hydrogens is 272 g/mol. The summed E-state index contributed by atoms with van der Waals surface area (Å²) >= 11 is 0. The number of benzene rings is 1. The van der Waals surface area contributed by atoms with E-state index in [9.17, 15) is 14.7 Å². The average molecular weight is 288 g/mol. The van der Waals surface area contributed by atoms with Gasteiger partial charge in [-0.3, -0.25) is 9.59 Å². The molecule has 1 unspecified atom stereocenters. The fourth-order valence-electron chi connectivity index (χ4n) is 1.97. The average Bonchev–Trinajstić information content (AvgIpc) is 2.90. The van der Waals surface area contributed by atoms with E-state index >= 15 is 0 Å². The molecule has 1 atom stereocenters. The van der Waals surface area contributed by atoms with Gasteiger partial charge in [-0.2, -0.15) is 0 Å². The van der Waals surface area contributed by atoms with E-state index in [1.807, 2.05) is 30.3 Å². The molecule has 0 saturated heterocycles. The summed E-state index contributed by atoms with van der Waals surface area (Å²) in [6.45, 7) is 1.66. The fourth-order valence-corrected chi connectivity index (χ4v) is 1.97. The summed E-state index contributed by atoms with van der Waals surface area (Å²) in [6, 6.07) is 9.30. The summed E-state index contributed by atoms with van der Waals surface area (Å²) in [4.78, 5) is 27.0. The van der Waals surface area contributed by atoms with Gasteiger partial charge in [-0.1, -0.05) is 30.3 Å². The first-order valence-corrected chi connectivity index (χ1v) is 6.53. The van der Waals surface area contributed by atoms with Crippen LogP contribution in [0.1, 0.15) is 21.8 Å². The SMILES string of the molecule is Cc1ocnc1C(=O)NCC(Cc1ccccc1)C(=O)O. The van der Waals surface area contributed by atoms with E-state index in [0.717, 1.165) is 5.56 Å². The Morgan fingerprint density at radius 2 is 2.05 bits per heavy atom. The van der Waals surface area contributed by atoms with E-state index < -0.39 is 17.8 Å². The van der Waals surface area contributed by atoms with Gasteiger partial charge in [-0.05, 0) is 18.9 Å². The van der Waals surface area contributed by atoms with Gasteiger partial charge in [0.05, 0.1) is 5.92 Å². The standard InChI is InChI=1S/C15H16N2O4/c1-10-13(17-9-21-10)14(18)16-8-12(15(19)20)7-11-5-3-2-4-6-11/h2-6,9,12H,7-8H2,1H3,(H,16,18)(H,19,20). The quantitative estimate of drug-likeness (QED) is 0.843. The van der Waals surface area contributed by atoms with Crippen molar-refractivity contribution < 1.29 is 19.1 Å². The predicted molar refractivity (Wildman–Crippen MR) is 74.8 cm³/mol. The first kappa shape index (κ1) is 14.8. The van der Waals surface area contributed by atoms with Crippen molar-refractivity contribution in [2.75, 3.05) is 6.54 Å². The van der Waals surface area contributed by atoms with Crippen LogP contribution < -0.4 is 5.32 Å². The van der Waals surface area contributed by atoms with Crippen molar-refractivity contribution in [1.82, 2.24) is 10.3 Å². The highest BCUT2D eigenvalue weighted by Gasteiger charge is 2.21. The minimum absolute atomic E-state index is 0.0371. The first-order chi connectivity index (χ1) is 10.1. The zero-order valence-corrected chi connectivity index (χ0v) is 11.6. The van der Waals surface area contributed by atoms with Gasteiger partial charge in [0, 0.05) is 6.54 Å². The van der Waals surface area contributed by atoms with Crippen LogP contribution >= 0.6 is 0 Å². The third-order valence-corrected chi connectivity index (χ3v) is 3.14. The molecule has 1 aromatic carbocycles. The third kappa shape index (κ3) is 3.92. The number of nitrogens with one attached hydrogen (secondary N) is 1. The molecule has 0 radical (unpaired) electrons. The van der Waals surface area contributed by atoms with Crippen molar-refractivity contribution in [3.8, 4) is 0 Å². The molecule has 0 aliphatic carbocycles. The van der Waals surface area contributed by atoms with Crippen LogP contribution in [0, 0.1) is 12.8 Å². The molecule has 1 heterocycles. The van der Waals surface area contributed by atoms with Gasteiger partial charge in [0.2, 0.25) is 0 Å². The lowest BCUT2D eigenvalue weighted by molar-refractivity contribution is -0.141. The van der Waals surface area contributed by atoms with E-state index in [-0.39, 0.29) is 12.2 Å². The van der Waals surface area contributed by atoms with Crippen LogP contribution in [0.25, 0.3) is 0 Å². The number of hydrogen-bond acceptors (Lipinski definition) is 4.